The molecule has 0 fully saturated rings. The van der Waals surface area contributed by atoms with E-state index in [-0.39, 0.29) is 5.54 Å². The molecule has 2 aromatic rings. The van der Waals surface area contributed by atoms with E-state index in [2.05, 4.69) is 61.8 Å². The van der Waals surface area contributed by atoms with E-state index in [4.69, 9.17) is 11.6 Å². The molecular formula is C17H22ClNS. The van der Waals surface area contributed by atoms with Gasteiger partial charge in [0, 0.05) is 22.9 Å². The highest BCUT2D eigenvalue weighted by Gasteiger charge is 2.18. The predicted octanol–water partition coefficient (Wildman–Crippen LogP) is 5.12. The summed E-state index contributed by atoms with van der Waals surface area (Å²) in [4.78, 5) is 1.27. The molecule has 1 aromatic heterocycles. The van der Waals surface area contributed by atoms with Gasteiger partial charge in [-0.3, -0.25) is 0 Å². The smallest absolute Gasteiger partial charge is 0.0545 e. The first kappa shape index (κ1) is 15.6. The maximum atomic E-state index is 6.25. The minimum atomic E-state index is 0.131. The highest BCUT2D eigenvalue weighted by atomic mass is 35.5. The van der Waals surface area contributed by atoms with Crippen molar-refractivity contribution in [3.05, 3.63) is 57.2 Å². The number of nitrogens with one attached hydrogen (secondary N) is 1. The van der Waals surface area contributed by atoms with Gasteiger partial charge in [-0.25, -0.2) is 0 Å². The molecule has 3 heteroatoms. The second kappa shape index (κ2) is 6.75. The molecule has 1 nitrogen and oxygen atoms in total. The van der Waals surface area contributed by atoms with Gasteiger partial charge in [-0.2, -0.15) is 0 Å². The third-order valence-corrected chi connectivity index (χ3v) is 4.68. The summed E-state index contributed by atoms with van der Waals surface area (Å²) in [6, 6.07) is 12.7. The first-order valence-electron chi connectivity index (χ1n) is 6.97. The molecular weight excluding hydrogens is 286 g/mol. The monoisotopic (exact) mass is 307 g/mol. The highest BCUT2D eigenvalue weighted by molar-refractivity contribution is 7.10. The Morgan fingerprint density at radius 3 is 2.40 bits per heavy atom. The zero-order valence-corrected chi connectivity index (χ0v) is 13.9. The highest BCUT2D eigenvalue weighted by Crippen LogP contribution is 2.29. The summed E-state index contributed by atoms with van der Waals surface area (Å²) >= 11 is 8.00. The maximum absolute atomic E-state index is 6.25. The van der Waals surface area contributed by atoms with Gasteiger partial charge in [0.15, 0.2) is 0 Å². The standard InChI is InChI=1S/C17H22ClNS/c1-17(2,3)19-12-14(13-7-5-4-6-8-13)11-16-15(18)9-10-20-16/h4-10,14,19H,11-12H2,1-3H3. The van der Waals surface area contributed by atoms with Crippen LogP contribution in [0.25, 0.3) is 0 Å². The van der Waals surface area contributed by atoms with E-state index in [0.29, 0.717) is 5.92 Å². The molecule has 0 aliphatic rings. The van der Waals surface area contributed by atoms with Gasteiger partial charge in [-0.05, 0) is 44.2 Å². The molecule has 0 bridgehead atoms. The summed E-state index contributed by atoms with van der Waals surface area (Å²) in [6.07, 6.45) is 0.990. The van der Waals surface area contributed by atoms with Crippen molar-refractivity contribution < 1.29 is 0 Å². The fraction of sp³-hybridized carbons (Fsp3) is 0.412. The molecule has 2 rings (SSSR count). The number of hydrogen-bond donors (Lipinski definition) is 1. The minimum Gasteiger partial charge on any atom is -0.311 e. The molecule has 0 amide bonds. The van der Waals surface area contributed by atoms with Crippen LogP contribution in [0.2, 0.25) is 5.02 Å². The van der Waals surface area contributed by atoms with Crippen molar-refractivity contribution in [3.63, 3.8) is 0 Å². The minimum absolute atomic E-state index is 0.131. The van der Waals surface area contributed by atoms with Crippen LogP contribution in [0.4, 0.5) is 0 Å². The number of hydrogen-bond acceptors (Lipinski definition) is 2. The lowest BCUT2D eigenvalue weighted by atomic mass is 9.94. The Bertz CT molecular complexity index is 527. The van der Waals surface area contributed by atoms with Gasteiger partial charge in [-0.15, -0.1) is 11.3 Å². The number of rotatable bonds is 5. The molecule has 0 aliphatic carbocycles. The molecule has 1 heterocycles. The van der Waals surface area contributed by atoms with Gasteiger partial charge < -0.3 is 5.32 Å². The molecule has 1 aromatic carbocycles. The van der Waals surface area contributed by atoms with Crippen LogP contribution in [-0.2, 0) is 6.42 Å². The average Bonchev–Trinajstić information content (AvgIpc) is 2.80. The van der Waals surface area contributed by atoms with Crippen molar-refractivity contribution in [2.24, 2.45) is 0 Å². The normalized spacial score (nSPS) is 13.4. The Balaban J connectivity index is 2.14. The van der Waals surface area contributed by atoms with Gasteiger partial charge in [0.2, 0.25) is 0 Å². The molecule has 1 N–H and O–H groups in total. The van der Waals surface area contributed by atoms with Crippen molar-refractivity contribution in [2.75, 3.05) is 6.54 Å². The first-order valence-corrected chi connectivity index (χ1v) is 8.23. The van der Waals surface area contributed by atoms with E-state index in [1.807, 2.05) is 6.07 Å². The van der Waals surface area contributed by atoms with Crippen LogP contribution in [0.5, 0.6) is 0 Å². The van der Waals surface area contributed by atoms with Gasteiger partial charge >= 0.3 is 0 Å². The molecule has 0 saturated carbocycles. The lowest BCUT2D eigenvalue weighted by Crippen LogP contribution is -2.39. The fourth-order valence-electron chi connectivity index (χ4n) is 2.16. The summed E-state index contributed by atoms with van der Waals surface area (Å²) in [5.41, 5.74) is 1.50. The lowest BCUT2D eigenvalue weighted by molar-refractivity contribution is 0.405. The van der Waals surface area contributed by atoms with Crippen LogP contribution in [0, 0.1) is 0 Å². The van der Waals surface area contributed by atoms with E-state index in [1.165, 1.54) is 10.4 Å². The Morgan fingerprint density at radius 1 is 1.15 bits per heavy atom. The Kier molecular flexibility index (Phi) is 5.25. The van der Waals surface area contributed by atoms with E-state index in [1.54, 1.807) is 11.3 Å². The molecule has 0 radical (unpaired) electrons. The summed E-state index contributed by atoms with van der Waals surface area (Å²) in [5.74, 6) is 0.451. The molecule has 0 spiro atoms. The molecule has 0 saturated heterocycles. The second-order valence-electron chi connectivity index (χ2n) is 6.13. The third-order valence-electron chi connectivity index (χ3n) is 3.27. The van der Waals surface area contributed by atoms with Crippen LogP contribution in [0.15, 0.2) is 41.8 Å². The zero-order valence-electron chi connectivity index (χ0n) is 12.3. The molecule has 20 heavy (non-hydrogen) atoms. The van der Waals surface area contributed by atoms with Crippen molar-refractivity contribution >= 4 is 22.9 Å². The fourth-order valence-corrected chi connectivity index (χ4v) is 3.35. The molecule has 1 atom stereocenters. The SMILES string of the molecule is CC(C)(C)NCC(Cc1sccc1Cl)c1ccccc1. The van der Waals surface area contributed by atoms with Gasteiger partial charge in [0.05, 0.1) is 5.02 Å². The molecule has 1 unspecified atom stereocenters. The van der Waals surface area contributed by atoms with Gasteiger partial charge in [0.1, 0.15) is 0 Å². The molecule has 0 aliphatic heterocycles. The lowest BCUT2D eigenvalue weighted by Gasteiger charge is -2.25. The third kappa shape index (κ3) is 4.62. The van der Waals surface area contributed by atoms with Gasteiger partial charge in [0.25, 0.3) is 0 Å². The Labute approximate surface area is 131 Å². The van der Waals surface area contributed by atoms with Crippen molar-refractivity contribution in [1.29, 1.82) is 0 Å². The predicted molar refractivity (Wildman–Crippen MR) is 90.0 cm³/mol. The number of thiophene rings is 1. The van der Waals surface area contributed by atoms with Crippen molar-refractivity contribution in [3.8, 4) is 0 Å². The zero-order chi connectivity index (χ0) is 14.6. The summed E-state index contributed by atoms with van der Waals surface area (Å²) < 4.78 is 0. The van der Waals surface area contributed by atoms with Crippen LogP contribution in [0.1, 0.15) is 37.1 Å². The van der Waals surface area contributed by atoms with Crippen LogP contribution in [-0.4, -0.2) is 12.1 Å². The summed E-state index contributed by atoms with van der Waals surface area (Å²) in [6.45, 7) is 7.56. The average molecular weight is 308 g/mol. The Hall–Kier alpha value is -0.830. The molecule has 108 valence electrons. The van der Waals surface area contributed by atoms with Crippen LogP contribution < -0.4 is 5.32 Å². The first-order chi connectivity index (χ1) is 9.46. The van der Waals surface area contributed by atoms with Crippen molar-refractivity contribution in [1.82, 2.24) is 5.32 Å². The van der Waals surface area contributed by atoms with E-state index in [9.17, 15) is 0 Å². The largest absolute Gasteiger partial charge is 0.311 e. The number of benzene rings is 1. The second-order valence-corrected chi connectivity index (χ2v) is 7.54. The topological polar surface area (TPSA) is 12.0 Å². The van der Waals surface area contributed by atoms with Crippen LogP contribution >= 0.6 is 22.9 Å². The van der Waals surface area contributed by atoms with E-state index < -0.39 is 0 Å². The van der Waals surface area contributed by atoms with Crippen molar-refractivity contribution in [2.45, 2.75) is 38.6 Å². The Morgan fingerprint density at radius 2 is 1.85 bits per heavy atom. The number of halogens is 1. The van der Waals surface area contributed by atoms with E-state index in [0.717, 1.165) is 18.0 Å². The quantitative estimate of drug-likeness (QED) is 0.809. The summed E-state index contributed by atoms with van der Waals surface area (Å²) in [7, 11) is 0. The summed E-state index contributed by atoms with van der Waals surface area (Å²) in [5, 5.41) is 6.58. The van der Waals surface area contributed by atoms with E-state index >= 15 is 0 Å². The maximum Gasteiger partial charge on any atom is 0.0545 e. The van der Waals surface area contributed by atoms with Gasteiger partial charge in [-0.1, -0.05) is 41.9 Å². The van der Waals surface area contributed by atoms with Crippen LogP contribution in [0.3, 0.4) is 0 Å².